The third-order valence-corrected chi connectivity index (χ3v) is 6.68. The molecule has 0 unspecified atom stereocenters. The van der Waals surface area contributed by atoms with Crippen molar-refractivity contribution in [1.82, 2.24) is 10.0 Å². The fourth-order valence-corrected chi connectivity index (χ4v) is 4.65. The normalized spacial score (nSPS) is 19.5. The van der Waals surface area contributed by atoms with Crippen LogP contribution in [0.1, 0.15) is 12.8 Å². The molecule has 2 N–H and O–H groups in total. The number of benzene rings is 1. The van der Waals surface area contributed by atoms with Gasteiger partial charge in [0.2, 0.25) is 10.0 Å². The van der Waals surface area contributed by atoms with E-state index in [0.29, 0.717) is 12.5 Å². The molecule has 0 saturated carbocycles. The zero-order valence-electron chi connectivity index (χ0n) is 12.2. The first-order valence-corrected chi connectivity index (χ1v) is 10.7. The minimum Gasteiger partial charge on any atom is -0.316 e. The second kappa shape index (κ2) is 6.84. The molecule has 6 nitrogen and oxygen atoms in total. The number of sulfone groups is 1. The van der Waals surface area contributed by atoms with Gasteiger partial charge in [0.1, 0.15) is 4.90 Å². The van der Waals surface area contributed by atoms with Crippen LogP contribution < -0.4 is 10.0 Å². The largest absolute Gasteiger partial charge is 0.316 e. The van der Waals surface area contributed by atoms with E-state index >= 15 is 0 Å². The summed E-state index contributed by atoms with van der Waals surface area (Å²) < 4.78 is 50.2. The van der Waals surface area contributed by atoms with Crippen LogP contribution in [0.3, 0.4) is 0 Å². The van der Waals surface area contributed by atoms with E-state index in [9.17, 15) is 16.8 Å². The summed E-state index contributed by atoms with van der Waals surface area (Å²) in [6.07, 6.45) is 2.79. The van der Waals surface area contributed by atoms with E-state index in [2.05, 4.69) is 10.0 Å². The van der Waals surface area contributed by atoms with Crippen molar-refractivity contribution in [2.45, 2.75) is 22.6 Å². The van der Waals surface area contributed by atoms with Crippen LogP contribution in [0.2, 0.25) is 5.02 Å². The maximum Gasteiger partial charge on any atom is 0.242 e. The van der Waals surface area contributed by atoms with Gasteiger partial charge in [0.15, 0.2) is 9.84 Å². The number of nitrogens with one attached hydrogen (secondary N) is 2. The van der Waals surface area contributed by atoms with E-state index < -0.39 is 19.9 Å². The monoisotopic (exact) mass is 366 g/mol. The molecule has 1 atom stereocenters. The van der Waals surface area contributed by atoms with E-state index in [0.717, 1.165) is 38.3 Å². The quantitative estimate of drug-likeness (QED) is 0.784. The highest BCUT2D eigenvalue weighted by Gasteiger charge is 2.21. The maximum absolute atomic E-state index is 12.3. The van der Waals surface area contributed by atoms with Crippen molar-refractivity contribution >= 4 is 31.5 Å². The van der Waals surface area contributed by atoms with Crippen molar-refractivity contribution in [2.75, 3.05) is 25.9 Å². The fourth-order valence-electron chi connectivity index (χ4n) is 2.36. The van der Waals surface area contributed by atoms with Gasteiger partial charge < -0.3 is 5.32 Å². The molecule has 0 radical (unpaired) electrons. The van der Waals surface area contributed by atoms with Gasteiger partial charge in [-0.05, 0) is 50.0 Å². The number of sulfonamides is 1. The Morgan fingerprint density at radius 1 is 1.32 bits per heavy atom. The van der Waals surface area contributed by atoms with Crippen LogP contribution >= 0.6 is 11.6 Å². The molecule has 1 heterocycles. The van der Waals surface area contributed by atoms with E-state index in [-0.39, 0.29) is 14.8 Å². The first-order chi connectivity index (χ1) is 10.2. The molecule has 22 heavy (non-hydrogen) atoms. The first kappa shape index (κ1) is 17.7. The molecule has 9 heteroatoms. The smallest absolute Gasteiger partial charge is 0.242 e. The summed E-state index contributed by atoms with van der Waals surface area (Å²) in [4.78, 5) is -0.279. The number of hydrogen-bond acceptors (Lipinski definition) is 5. The third kappa shape index (κ3) is 4.42. The molecular formula is C13H19ClN2O4S2. The van der Waals surface area contributed by atoms with Gasteiger partial charge in [-0.2, -0.15) is 0 Å². The highest BCUT2D eigenvalue weighted by molar-refractivity contribution is 7.91. The van der Waals surface area contributed by atoms with Crippen molar-refractivity contribution in [3.8, 4) is 0 Å². The van der Waals surface area contributed by atoms with Gasteiger partial charge in [-0.1, -0.05) is 11.6 Å². The lowest BCUT2D eigenvalue weighted by atomic mass is 10.1. The van der Waals surface area contributed by atoms with Gasteiger partial charge >= 0.3 is 0 Å². The fraction of sp³-hybridized carbons (Fsp3) is 0.538. The molecule has 0 aliphatic carbocycles. The van der Waals surface area contributed by atoms with Crippen LogP contribution in [0.15, 0.2) is 28.0 Å². The zero-order chi connectivity index (χ0) is 16.4. The predicted octanol–water partition coefficient (Wildman–Crippen LogP) is 1.02. The van der Waals surface area contributed by atoms with E-state index in [1.165, 1.54) is 12.1 Å². The van der Waals surface area contributed by atoms with Crippen LogP contribution in [0.5, 0.6) is 0 Å². The van der Waals surface area contributed by atoms with Gasteiger partial charge in [0.05, 0.1) is 9.92 Å². The first-order valence-electron chi connectivity index (χ1n) is 6.90. The molecule has 1 aliphatic rings. The lowest BCUT2D eigenvalue weighted by molar-refractivity contribution is 0.519. The summed E-state index contributed by atoms with van der Waals surface area (Å²) in [6.45, 7) is 2.15. The highest BCUT2D eigenvalue weighted by atomic mass is 35.5. The molecule has 2 rings (SSSR count). The Morgan fingerprint density at radius 2 is 2.05 bits per heavy atom. The molecule has 0 aromatic heterocycles. The minimum atomic E-state index is -3.83. The number of rotatable bonds is 6. The summed E-state index contributed by atoms with van der Waals surface area (Å²) in [6, 6.07) is 3.67. The Kier molecular flexibility index (Phi) is 5.50. The Morgan fingerprint density at radius 3 is 2.64 bits per heavy atom. The average Bonchev–Trinajstić information content (AvgIpc) is 2.90. The van der Waals surface area contributed by atoms with Crippen molar-refractivity contribution in [3.05, 3.63) is 23.2 Å². The molecule has 0 bridgehead atoms. The third-order valence-electron chi connectivity index (χ3n) is 3.63. The zero-order valence-corrected chi connectivity index (χ0v) is 14.6. The molecular weight excluding hydrogens is 348 g/mol. The minimum absolute atomic E-state index is 0.00225. The van der Waals surface area contributed by atoms with Crippen LogP contribution in [-0.2, 0) is 19.9 Å². The van der Waals surface area contributed by atoms with Crippen molar-refractivity contribution in [1.29, 1.82) is 0 Å². The molecule has 1 saturated heterocycles. The maximum atomic E-state index is 12.3. The topological polar surface area (TPSA) is 92.3 Å². The van der Waals surface area contributed by atoms with Crippen molar-refractivity contribution in [2.24, 2.45) is 5.92 Å². The Balaban J connectivity index is 2.14. The summed E-state index contributed by atoms with van der Waals surface area (Å²) in [5.74, 6) is 0.459. The molecule has 1 aromatic carbocycles. The highest BCUT2D eigenvalue weighted by Crippen LogP contribution is 2.25. The standard InChI is InChI=1S/C13H19ClN2O4S2/c1-21(17,18)11-2-3-12(14)13(8-11)22(19,20)16-7-5-10-4-6-15-9-10/h2-3,8,10,15-16H,4-7,9H2,1H3/t10-/m1/s1. The lowest BCUT2D eigenvalue weighted by Gasteiger charge is -2.11. The van der Waals surface area contributed by atoms with E-state index in [1.54, 1.807) is 0 Å². The summed E-state index contributed by atoms with van der Waals surface area (Å²) in [5, 5.41) is 3.22. The van der Waals surface area contributed by atoms with Crippen molar-refractivity contribution in [3.63, 3.8) is 0 Å². The Labute approximate surface area is 136 Å². The molecule has 1 fully saturated rings. The van der Waals surface area contributed by atoms with Gasteiger partial charge in [-0.15, -0.1) is 0 Å². The molecule has 0 amide bonds. The average molecular weight is 367 g/mol. The van der Waals surface area contributed by atoms with Gasteiger partial charge in [-0.25, -0.2) is 21.6 Å². The summed E-state index contributed by atoms with van der Waals surface area (Å²) >= 11 is 5.91. The van der Waals surface area contributed by atoms with Gasteiger partial charge in [0, 0.05) is 12.8 Å². The van der Waals surface area contributed by atoms with Crippen LogP contribution in [-0.4, -0.2) is 42.7 Å². The van der Waals surface area contributed by atoms with Crippen LogP contribution in [0.25, 0.3) is 0 Å². The second-order valence-corrected chi connectivity index (χ2v) is 9.57. The number of hydrogen-bond donors (Lipinski definition) is 2. The molecule has 0 spiro atoms. The molecule has 1 aliphatic heterocycles. The summed E-state index contributed by atoms with van der Waals surface area (Å²) in [5.41, 5.74) is 0. The second-order valence-electron chi connectivity index (χ2n) is 5.41. The summed E-state index contributed by atoms with van der Waals surface area (Å²) in [7, 11) is -7.33. The molecule has 124 valence electrons. The van der Waals surface area contributed by atoms with Crippen LogP contribution in [0.4, 0.5) is 0 Å². The van der Waals surface area contributed by atoms with Gasteiger partial charge in [-0.3, -0.25) is 0 Å². The predicted molar refractivity (Wildman–Crippen MR) is 85.3 cm³/mol. The van der Waals surface area contributed by atoms with E-state index in [1.807, 2.05) is 0 Å². The van der Waals surface area contributed by atoms with E-state index in [4.69, 9.17) is 11.6 Å². The SMILES string of the molecule is CS(=O)(=O)c1ccc(Cl)c(S(=O)(=O)NCC[C@H]2CCNC2)c1. The molecule has 1 aromatic rings. The Hall–Kier alpha value is -0.670. The lowest BCUT2D eigenvalue weighted by Crippen LogP contribution is -2.27. The van der Waals surface area contributed by atoms with Crippen LogP contribution in [0, 0.1) is 5.92 Å². The Bertz CT molecular complexity index is 741. The number of halogens is 1. The van der Waals surface area contributed by atoms with Crippen molar-refractivity contribution < 1.29 is 16.8 Å². The van der Waals surface area contributed by atoms with Gasteiger partial charge in [0.25, 0.3) is 0 Å².